The van der Waals surface area contributed by atoms with Crippen LogP contribution in [0.25, 0.3) is 0 Å². The van der Waals surface area contributed by atoms with E-state index in [0.29, 0.717) is 19.7 Å². The Morgan fingerprint density at radius 1 is 1.67 bits per heavy atom. The van der Waals surface area contributed by atoms with Crippen molar-refractivity contribution in [3.05, 3.63) is 0 Å². The first-order valence-electron chi connectivity index (χ1n) is 3.97. The van der Waals surface area contributed by atoms with Crippen molar-refractivity contribution in [3.8, 4) is 0 Å². The second kappa shape index (κ2) is 3.84. The Bertz CT molecular complexity index is 163. The number of hydrogen-bond acceptors (Lipinski definition) is 5. The number of carbonyl (C=O) groups is 1. The molecule has 1 aliphatic heterocycles. The van der Waals surface area contributed by atoms with Gasteiger partial charge in [-0.05, 0) is 6.92 Å². The molecule has 0 aromatic rings. The molecule has 0 amide bonds. The molecule has 1 fully saturated rings. The lowest BCUT2D eigenvalue weighted by Gasteiger charge is -2.39. The molecular formula is C7H14N2O3. The predicted octanol–water partition coefficient (Wildman–Crippen LogP) is -0.828. The SMILES string of the molecule is CCOC(=O)CC1(ON)CNC1. The summed E-state index contributed by atoms with van der Waals surface area (Å²) >= 11 is 0. The molecule has 0 aromatic carbocycles. The van der Waals surface area contributed by atoms with Gasteiger partial charge in [0.05, 0.1) is 13.0 Å². The molecule has 1 aliphatic rings. The summed E-state index contributed by atoms with van der Waals surface area (Å²) in [4.78, 5) is 15.8. The molecule has 0 unspecified atom stereocenters. The topological polar surface area (TPSA) is 73.6 Å². The summed E-state index contributed by atoms with van der Waals surface area (Å²) in [6.07, 6.45) is 0.227. The molecule has 5 nitrogen and oxygen atoms in total. The van der Waals surface area contributed by atoms with Gasteiger partial charge in [0.1, 0.15) is 5.60 Å². The molecule has 0 aliphatic carbocycles. The van der Waals surface area contributed by atoms with Gasteiger partial charge in [0, 0.05) is 13.1 Å². The fraction of sp³-hybridized carbons (Fsp3) is 0.857. The van der Waals surface area contributed by atoms with Gasteiger partial charge in [-0.1, -0.05) is 0 Å². The van der Waals surface area contributed by atoms with Gasteiger partial charge in [-0.25, -0.2) is 5.90 Å². The summed E-state index contributed by atoms with van der Waals surface area (Å²) in [5, 5.41) is 2.99. The molecule has 70 valence electrons. The highest BCUT2D eigenvalue weighted by Crippen LogP contribution is 2.19. The standard InChI is InChI=1S/C7H14N2O3/c1-2-11-6(10)3-7(12-8)4-9-5-7/h9H,2-5,8H2,1H3. The third-order valence-corrected chi connectivity index (χ3v) is 1.92. The van der Waals surface area contributed by atoms with Crippen molar-refractivity contribution in [3.63, 3.8) is 0 Å². The van der Waals surface area contributed by atoms with E-state index >= 15 is 0 Å². The number of nitrogens with two attached hydrogens (primary N) is 1. The summed E-state index contributed by atoms with van der Waals surface area (Å²) < 4.78 is 4.77. The molecule has 3 N–H and O–H groups in total. The van der Waals surface area contributed by atoms with Crippen molar-refractivity contribution in [2.24, 2.45) is 5.90 Å². The van der Waals surface area contributed by atoms with E-state index < -0.39 is 5.60 Å². The average Bonchev–Trinajstić information content (AvgIpc) is 1.97. The number of esters is 1. The van der Waals surface area contributed by atoms with Crippen LogP contribution in [0.5, 0.6) is 0 Å². The third kappa shape index (κ3) is 1.94. The van der Waals surface area contributed by atoms with Crippen molar-refractivity contribution >= 4 is 5.97 Å². The van der Waals surface area contributed by atoms with Crippen LogP contribution < -0.4 is 11.2 Å². The molecule has 0 atom stereocenters. The van der Waals surface area contributed by atoms with Gasteiger partial charge in [0.25, 0.3) is 0 Å². The Labute approximate surface area is 71.2 Å². The zero-order valence-electron chi connectivity index (χ0n) is 7.13. The summed E-state index contributed by atoms with van der Waals surface area (Å²) in [5.41, 5.74) is -0.522. The van der Waals surface area contributed by atoms with Crippen molar-refractivity contribution < 1.29 is 14.4 Å². The van der Waals surface area contributed by atoms with Crippen molar-refractivity contribution in [2.45, 2.75) is 18.9 Å². The summed E-state index contributed by atoms with van der Waals surface area (Å²) in [6.45, 7) is 3.39. The van der Waals surface area contributed by atoms with Crippen LogP contribution in [-0.4, -0.2) is 31.3 Å². The minimum Gasteiger partial charge on any atom is -0.466 e. The van der Waals surface area contributed by atoms with Crippen molar-refractivity contribution in [1.82, 2.24) is 5.32 Å². The van der Waals surface area contributed by atoms with Gasteiger partial charge in [0.2, 0.25) is 0 Å². The van der Waals surface area contributed by atoms with E-state index in [1.54, 1.807) is 6.92 Å². The van der Waals surface area contributed by atoms with Gasteiger partial charge in [-0.3, -0.25) is 9.63 Å². The smallest absolute Gasteiger partial charge is 0.308 e. The fourth-order valence-electron chi connectivity index (χ4n) is 1.13. The van der Waals surface area contributed by atoms with Crippen LogP contribution in [0.2, 0.25) is 0 Å². The summed E-state index contributed by atoms with van der Waals surface area (Å²) in [5.74, 6) is 4.81. The lowest BCUT2D eigenvalue weighted by Crippen LogP contribution is -2.63. The van der Waals surface area contributed by atoms with Gasteiger partial charge in [-0.2, -0.15) is 0 Å². The Hall–Kier alpha value is -0.650. The Balaban J connectivity index is 2.32. The van der Waals surface area contributed by atoms with Gasteiger partial charge < -0.3 is 10.1 Å². The average molecular weight is 174 g/mol. The van der Waals surface area contributed by atoms with E-state index in [1.165, 1.54) is 0 Å². The van der Waals surface area contributed by atoms with Crippen LogP contribution >= 0.6 is 0 Å². The van der Waals surface area contributed by atoms with Crippen molar-refractivity contribution in [1.29, 1.82) is 0 Å². The second-order valence-electron chi connectivity index (χ2n) is 2.89. The van der Waals surface area contributed by atoms with Crippen LogP contribution in [0.15, 0.2) is 0 Å². The van der Waals surface area contributed by atoms with E-state index in [1.807, 2.05) is 0 Å². The third-order valence-electron chi connectivity index (χ3n) is 1.92. The fourth-order valence-corrected chi connectivity index (χ4v) is 1.13. The molecule has 1 saturated heterocycles. The van der Waals surface area contributed by atoms with E-state index in [-0.39, 0.29) is 12.4 Å². The summed E-state index contributed by atoms with van der Waals surface area (Å²) in [6, 6.07) is 0. The molecule has 12 heavy (non-hydrogen) atoms. The zero-order chi connectivity index (χ0) is 9.03. The highest BCUT2D eigenvalue weighted by atomic mass is 16.6. The van der Waals surface area contributed by atoms with Crippen LogP contribution in [0.4, 0.5) is 0 Å². The second-order valence-corrected chi connectivity index (χ2v) is 2.89. The highest BCUT2D eigenvalue weighted by Gasteiger charge is 2.40. The van der Waals surface area contributed by atoms with E-state index in [2.05, 4.69) is 5.32 Å². The largest absolute Gasteiger partial charge is 0.466 e. The van der Waals surface area contributed by atoms with E-state index in [0.717, 1.165) is 0 Å². The maximum Gasteiger partial charge on any atom is 0.308 e. The molecule has 0 saturated carbocycles. The maximum absolute atomic E-state index is 11.0. The molecule has 1 rings (SSSR count). The van der Waals surface area contributed by atoms with Crippen LogP contribution in [-0.2, 0) is 14.4 Å². The first-order valence-corrected chi connectivity index (χ1v) is 3.97. The minimum absolute atomic E-state index is 0.227. The lowest BCUT2D eigenvalue weighted by atomic mass is 9.93. The number of ether oxygens (including phenoxy) is 1. The number of nitrogens with one attached hydrogen (secondary N) is 1. The highest BCUT2D eigenvalue weighted by molar-refractivity contribution is 5.71. The van der Waals surface area contributed by atoms with Gasteiger partial charge in [-0.15, -0.1) is 0 Å². The normalized spacial score (nSPS) is 19.8. The van der Waals surface area contributed by atoms with Gasteiger partial charge >= 0.3 is 5.97 Å². The molecular weight excluding hydrogens is 160 g/mol. The zero-order valence-corrected chi connectivity index (χ0v) is 7.13. The lowest BCUT2D eigenvalue weighted by molar-refractivity contribution is -0.156. The molecule has 0 aromatic heterocycles. The quantitative estimate of drug-likeness (QED) is 0.430. The molecule has 0 radical (unpaired) electrons. The summed E-state index contributed by atoms with van der Waals surface area (Å²) in [7, 11) is 0. The molecule has 1 heterocycles. The number of carbonyl (C=O) groups excluding carboxylic acids is 1. The van der Waals surface area contributed by atoms with E-state index in [4.69, 9.17) is 15.5 Å². The number of hydrogen-bond donors (Lipinski definition) is 2. The minimum atomic E-state index is -0.522. The Kier molecular flexibility index (Phi) is 3.02. The van der Waals surface area contributed by atoms with Crippen molar-refractivity contribution in [2.75, 3.05) is 19.7 Å². The van der Waals surface area contributed by atoms with Gasteiger partial charge in [0.15, 0.2) is 0 Å². The number of rotatable bonds is 4. The van der Waals surface area contributed by atoms with Crippen LogP contribution in [0.3, 0.4) is 0 Å². The first kappa shape index (κ1) is 9.44. The Morgan fingerprint density at radius 3 is 2.67 bits per heavy atom. The first-order chi connectivity index (χ1) is 5.72. The maximum atomic E-state index is 11.0. The van der Waals surface area contributed by atoms with E-state index in [9.17, 15) is 4.79 Å². The molecule has 5 heteroatoms. The predicted molar refractivity (Wildman–Crippen MR) is 42.1 cm³/mol. The molecule has 0 bridgehead atoms. The molecule has 0 spiro atoms. The monoisotopic (exact) mass is 174 g/mol. The Morgan fingerprint density at radius 2 is 2.33 bits per heavy atom. The van der Waals surface area contributed by atoms with Crippen LogP contribution in [0, 0.1) is 0 Å². The van der Waals surface area contributed by atoms with Crippen LogP contribution in [0.1, 0.15) is 13.3 Å².